The van der Waals surface area contributed by atoms with Crippen LogP contribution in [-0.4, -0.2) is 9.97 Å². The average molecular weight is 553 g/mol. The first-order valence-electron chi connectivity index (χ1n) is 20.4. The minimum atomic E-state index is -3.08. The van der Waals surface area contributed by atoms with Crippen molar-refractivity contribution in [3.05, 3.63) is 155 Å². The maximum atomic E-state index is 9.19. The molecule has 5 rings (SSSR count). The molecule has 2 nitrogen and oxygen atoms in total. The molecule has 0 atom stereocenters. The van der Waals surface area contributed by atoms with Crippen LogP contribution in [0.25, 0.3) is 11.3 Å². The monoisotopic (exact) mass is 552 g/mol. The highest BCUT2D eigenvalue weighted by Crippen LogP contribution is 2.21. The van der Waals surface area contributed by atoms with Crippen LogP contribution in [0.4, 0.5) is 0 Å². The van der Waals surface area contributed by atoms with E-state index in [0.717, 1.165) is 30.0 Å². The predicted molar refractivity (Wildman–Crippen MR) is 172 cm³/mol. The number of aryl methyl sites for hydroxylation is 6. The molecule has 0 spiro atoms. The molecule has 208 valence electrons. The largest absolute Gasteiger partial charge is 0.261 e. The Morgan fingerprint density at radius 1 is 0.512 bits per heavy atom. The Morgan fingerprint density at radius 3 is 1.49 bits per heavy atom. The van der Waals surface area contributed by atoms with Crippen molar-refractivity contribution in [1.82, 2.24) is 9.97 Å². The van der Waals surface area contributed by atoms with Crippen molar-refractivity contribution in [2.75, 3.05) is 0 Å². The summed E-state index contributed by atoms with van der Waals surface area (Å²) in [6.07, 6.45) is -17.4. The summed E-state index contributed by atoms with van der Waals surface area (Å²) >= 11 is 0. The van der Waals surface area contributed by atoms with Gasteiger partial charge in [0.15, 0.2) is 0 Å². The Bertz CT molecular complexity index is 2110. The van der Waals surface area contributed by atoms with Crippen molar-refractivity contribution in [1.29, 1.82) is 0 Å². The summed E-state index contributed by atoms with van der Waals surface area (Å²) in [5.41, 5.74) is -1.82. The summed E-state index contributed by atoms with van der Waals surface area (Å²) in [6, 6.07) is 24.8. The maximum absolute atomic E-state index is 9.19. The predicted octanol–water partition coefficient (Wildman–Crippen LogP) is 9.09. The topological polar surface area (TPSA) is 25.8 Å². The molecule has 0 aliphatic heterocycles. The van der Waals surface area contributed by atoms with E-state index in [1.54, 1.807) is 26.8 Å². The van der Waals surface area contributed by atoms with E-state index in [2.05, 4.69) is 9.97 Å². The Balaban J connectivity index is 1.67. The molecule has 0 amide bonds. The second kappa shape index (κ2) is 13.5. The molecular formula is C39H42N2. The fourth-order valence-corrected chi connectivity index (χ4v) is 3.97. The quantitative estimate of drug-likeness (QED) is 0.163. The van der Waals surface area contributed by atoms with Gasteiger partial charge >= 0.3 is 0 Å². The molecule has 0 saturated heterocycles. The van der Waals surface area contributed by atoms with Crippen molar-refractivity contribution in [2.24, 2.45) is 5.41 Å². The van der Waals surface area contributed by atoms with E-state index in [-0.39, 0.29) is 22.4 Å². The average Bonchev–Trinajstić information content (AvgIpc) is 3.14. The molecule has 0 radical (unpaired) electrons. The number of pyridine rings is 2. The first kappa shape index (κ1) is 15.8. The highest BCUT2D eigenvalue weighted by molar-refractivity contribution is 5.58. The third-order valence-corrected chi connectivity index (χ3v) is 5.86. The number of hydrogen-bond acceptors (Lipinski definition) is 2. The lowest BCUT2D eigenvalue weighted by atomic mass is 9.90. The lowest BCUT2D eigenvalue weighted by molar-refractivity contribution is 0.406. The fourth-order valence-electron chi connectivity index (χ4n) is 3.97. The van der Waals surface area contributed by atoms with Gasteiger partial charge in [-0.3, -0.25) is 9.97 Å². The van der Waals surface area contributed by atoms with Gasteiger partial charge in [0.1, 0.15) is 0 Å². The minimum absolute atomic E-state index is 0.00227. The van der Waals surface area contributed by atoms with E-state index in [4.69, 9.17) is 13.7 Å². The highest BCUT2D eigenvalue weighted by Gasteiger charge is 2.12. The van der Waals surface area contributed by atoms with Gasteiger partial charge in [-0.25, -0.2) is 0 Å². The molecule has 0 unspecified atom stereocenters. The Kier molecular flexibility index (Phi) is 5.23. The van der Waals surface area contributed by atoms with Crippen molar-refractivity contribution in [3.8, 4) is 11.3 Å². The lowest BCUT2D eigenvalue weighted by Crippen LogP contribution is -2.10. The zero-order valence-corrected chi connectivity index (χ0v) is 23.4. The van der Waals surface area contributed by atoms with Gasteiger partial charge in [0.05, 0.1) is 5.69 Å². The molecule has 0 N–H and O–H groups in total. The minimum Gasteiger partial charge on any atom is -0.261 e. The Hall–Kier alpha value is -4.04. The van der Waals surface area contributed by atoms with E-state index >= 15 is 0 Å². The van der Waals surface area contributed by atoms with Crippen LogP contribution >= 0.6 is 0 Å². The number of aromatic nitrogens is 2. The molecular weight excluding hydrogens is 496 g/mol. The van der Waals surface area contributed by atoms with Gasteiger partial charge in [0, 0.05) is 42.8 Å². The summed E-state index contributed by atoms with van der Waals surface area (Å²) in [5, 5.41) is 0. The number of nitrogens with zero attached hydrogens (tertiary/aromatic N) is 2. The van der Waals surface area contributed by atoms with Crippen LogP contribution in [0.15, 0.2) is 116 Å². The van der Waals surface area contributed by atoms with Gasteiger partial charge < -0.3 is 0 Å². The van der Waals surface area contributed by atoms with Crippen LogP contribution in [0.5, 0.6) is 0 Å². The molecule has 41 heavy (non-hydrogen) atoms. The smallest absolute Gasteiger partial charge is 0.0702 e. The van der Waals surface area contributed by atoms with Crippen LogP contribution < -0.4 is 0 Å². The molecule has 2 heteroatoms. The lowest BCUT2D eigenvalue weighted by Gasteiger charge is -2.17. The van der Waals surface area contributed by atoms with E-state index < -0.39 is 66.7 Å². The summed E-state index contributed by atoms with van der Waals surface area (Å²) < 4.78 is 126. The zero-order chi connectivity index (χ0) is 41.0. The van der Waals surface area contributed by atoms with Crippen molar-refractivity contribution in [2.45, 2.75) is 65.4 Å². The van der Waals surface area contributed by atoms with Gasteiger partial charge in [0.25, 0.3) is 0 Å². The van der Waals surface area contributed by atoms with E-state index in [9.17, 15) is 5.48 Å². The van der Waals surface area contributed by atoms with E-state index in [1.165, 1.54) is 54.7 Å². The van der Waals surface area contributed by atoms with E-state index in [1.807, 2.05) is 30.3 Å². The SMILES string of the molecule is [2H]C([2H])(c1ccc(C([2H])([2H])C([2H])([2H])c2cc(C([2H])([2H])C([2H])([2H])c3ccccc3)cc(C([2H])([2H])C([2H])([2H])c3ccc(-c4ccccc4)nc3)c2)cn1)C(C)(C)C. The standard InChI is InChI=1S/C39H42N2/c1-39(2,3)27-37-22-20-31(28-40-37)15-18-34-24-33(17-14-30-10-6-4-7-11-30)25-35(26-34)19-16-32-21-23-38(41-29-32)36-12-8-5-9-13-36/h4-13,20-26,28-29H,14-19,27H2,1-3H3/i14D2,15D2,16D2,17D2,18D2,19D2,27D2. The molecule has 0 aliphatic carbocycles. The van der Waals surface area contributed by atoms with Gasteiger partial charge in [-0.15, -0.1) is 0 Å². The Morgan fingerprint density at radius 2 is 1.00 bits per heavy atom. The first-order valence-corrected chi connectivity index (χ1v) is 13.4. The number of hydrogen-bond donors (Lipinski definition) is 0. The van der Waals surface area contributed by atoms with Crippen molar-refractivity contribution in [3.63, 3.8) is 0 Å². The van der Waals surface area contributed by atoms with Crippen LogP contribution in [0, 0.1) is 5.41 Å². The summed E-state index contributed by atoms with van der Waals surface area (Å²) in [7, 11) is 0. The van der Waals surface area contributed by atoms with Crippen LogP contribution in [0.3, 0.4) is 0 Å². The second-order valence-corrected chi connectivity index (χ2v) is 10.5. The molecule has 3 aromatic carbocycles. The molecule has 2 heterocycles. The van der Waals surface area contributed by atoms with Gasteiger partial charge in [-0.05, 0) is 95.5 Å². The summed E-state index contributed by atoms with van der Waals surface area (Å²) in [5.74, 6) is 0. The number of rotatable bonds is 11. The normalized spacial score (nSPS) is 19.0. The summed E-state index contributed by atoms with van der Waals surface area (Å²) in [6.45, 7) is 5.05. The molecule has 5 aromatic rings. The van der Waals surface area contributed by atoms with Gasteiger partial charge in [-0.1, -0.05) is 112 Å². The van der Waals surface area contributed by atoms with Crippen LogP contribution in [-0.2, 0) is 44.6 Å². The fraction of sp³-hybridized carbons (Fsp3) is 0.282. The van der Waals surface area contributed by atoms with Crippen LogP contribution in [0.2, 0.25) is 0 Å². The van der Waals surface area contributed by atoms with Crippen molar-refractivity contribution >= 4 is 0 Å². The Labute approximate surface area is 266 Å². The zero-order valence-electron chi connectivity index (χ0n) is 37.4. The number of benzene rings is 3. The molecule has 0 saturated carbocycles. The first-order chi connectivity index (χ1) is 25.2. The summed E-state index contributed by atoms with van der Waals surface area (Å²) in [4.78, 5) is 8.50. The molecule has 0 aliphatic rings. The van der Waals surface area contributed by atoms with Gasteiger partial charge in [0.2, 0.25) is 0 Å². The second-order valence-electron chi connectivity index (χ2n) is 10.5. The van der Waals surface area contributed by atoms with Crippen LogP contribution in [0.1, 0.15) is 79.0 Å². The molecule has 0 bridgehead atoms. The van der Waals surface area contributed by atoms with Gasteiger partial charge in [-0.2, -0.15) is 0 Å². The van der Waals surface area contributed by atoms with Crippen molar-refractivity contribution < 1.29 is 19.2 Å². The van der Waals surface area contributed by atoms with E-state index in [0.29, 0.717) is 5.69 Å². The maximum Gasteiger partial charge on any atom is 0.0702 e. The highest BCUT2D eigenvalue weighted by atomic mass is 14.7. The third-order valence-electron chi connectivity index (χ3n) is 5.86. The third kappa shape index (κ3) is 8.98. The molecule has 2 aromatic heterocycles. The molecule has 0 fully saturated rings.